The number of amides is 1. The average molecular weight is 331 g/mol. The Bertz CT molecular complexity index is 698. The van der Waals surface area contributed by atoms with Gasteiger partial charge in [0, 0.05) is 43.1 Å². The van der Waals surface area contributed by atoms with Crippen LogP contribution < -0.4 is 0 Å². The zero-order chi connectivity index (χ0) is 16.4. The summed E-state index contributed by atoms with van der Waals surface area (Å²) in [6.07, 6.45) is 0. The number of aromatic amines is 1. The lowest BCUT2D eigenvalue weighted by Crippen LogP contribution is -2.49. The minimum Gasteiger partial charge on any atom is -0.362 e. The Labute approximate surface area is 139 Å². The summed E-state index contributed by atoms with van der Waals surface area (Å²) in [5.41, 5.74) is 2.72. The number of carbonyl (C=O) groups excluding carboxylic acids is 2. The van der Waals surface area contributed by atoms with E-state index in [1.807, 2.05) is 42.3 Å². The van der Waals surface area contributed by atoms with Crippen LogP contribution >= 0.6 is 11.3 Å². The van der Waals surface area contributed by atoms with E-state index in [4.69, 9.17) is 0 Å². The van der Waals surface area contributed by atoms with Gasteiger partial charge in [-0.1, -0.05) is 6.07 Å². The van der Waals surface area contributed by atoms with Crippen molar-refractivity contribution < 1.29 is 9.59 Å². The van der Waals surface area contributed by atoms with Gasteiger partial charge in [-0.15, -0.1) is 11.3 Å². The molecule has 23 heavy (non-hydrogen) atoms. The number of carbonyl (C=O) groups is 2. The van der Waals surface area contributed by atoms with Gasteiger partial charge in [0.15, 0.2) is 5.78 Å². The SMILES string of the molecule is Cc1cc(C(=O)CN2CCN(C(=O)c3cccs3)CC2)c(C)[nH]1. The summed E-state index contributed by atoms with van der Waals surface area (Å²) in [4.78, 5) is 32.7. The van der Waals surface area contributed by atoms with Crippen LogP contribution in [0.3, 0.4) is 0 Å². The van der Waals surface area contributed by atoms with Crippen LogP contribution in [0.15, 0.2) is 23.6 Å². The van der Waals surface area contributed by atoms with Gasteiger partial charge in [-0.2, -0.15) is 0 Å². The summed E-state index contributed by atoms with van der Waals surface area (Å²) >= 11 is 1.47. The standard InChI is InChI=1S/C17H21N3O2S/c1-12-10-14(13(2)18-12)15(21)11-19-5-7-20(8-6-19)17(22)16-4-3-9-23-16/h3-4,9-10,18H,5-8,11H2,1-2H3. The van der Waals surface area contributed by atoms with E-state index in [9.17, 15) is 9.59 Å². The molecule has 0 aromatic carbocycles. The Morgan fingerprint density at radius 2 is 1.96 bits per heavy atom. The first-order valence-corrected chi connectivity index (χ1v) is 8.67. The molecule has 0 radical (unpaired) electrons. The first kappa shape index (κ1) is 16.0. The molecule has 3 rings (SSSR count). The van der Waals surface area contributed by atoms with Crippen LogP contribution in [0.25, 0.3) is 0 Å². The number of H-pyrrole nitrogens is 1. The number of hydrogen-bond donors (Lipinski definition) is 1. The minimum atomic E-state index is 0.100. The number of nitrogens with zero attached hydrogens (tertiary/aromatic N) is 2. The Balaban J connectivity index is 1.54. The van der Waals surface area contributed by atoms with E-state index in [1.54, 1.807) is 0 Å². The molecule has 1 N–H and O–H groups in total. The highest BCUT2D eigenvalue weighted by molar-refractivity contribution is 7.12. The van der Waals surface area contributed by atoms with Crippen LogP contribution in [0.5, 0.6) is 0 Å². The fraction of sp³-hybridized carbons (Fsp3) is 0.412. The first-order chi connectivity index (χ1) is 11.0. The highest BCUT2D eigenvalue weighted by atomic mass is 32.1. The summed E-state index contributed by atoms with van der Waals surface area (Å²) in [5, 5.41) is 1.92. The molecule has 1 amide bonds. The maximum absolute atomic E-state index is 12.4. The van der Waals surface area contributed by atoms with Crippen molar-refractivity contribution in [2.24, 2.45) is 0 Å². The van der Waals surface area contributed by atoms with Crippen molar-refractivity contribution >= 4 is 23.0 Å². The van der Waals surface area contributed by atoms with Crippen LogP contribution in [0.4, 0.5) is 0 Å². The fourth-order valence-corrected chi connectivity index (χ4v) is 3.66. The zero-order valence-corrected chi connectivity index (χ0v) is 14.3. The molecular formula is C17H21N3O2S. The van der Waals surface area contributed by atoms with Crippen LogP contribution in [0.2, 0.25) is 0 Å². The highest BCUT2D eigenvalue weighted by Crippen LogP contribution is 2.15. The van der Waals surface area contributed by atoms with Gasteiger partial charge in [0.25, 0.3) is 5.91 Å². The predicted molar refractivity (Wildman–Crippen MR) is 91.3 cm³/mol. The molecule has 2 aromatic rings. The molecule has 1 fully saturated rings. The third-order valence-corrected chi connectivity index (χ3v) is 5.07. The lowest BCUT2D eigenvalue weighted by atomic mass is 10.1. The van der Waals surface area contributed by atoms with Crippen molar-refractivity contribution in [2.45, 2.75) is 13.8 Å². The van der Waals surface area contributed by atoms with Crippen LogP contribution in [-0.2, 0) is 0 Å². The Morgan fingerprint density at radius 1 is 1.22 bits per heavy atom. The average Bonchev–Trinajstić information content (AvgIpc) is 3.17. The molecule has 0 aliphatic carbocycles. The van der Waals surface area contributed by atoms with Crippen molar-refractivity contribution in [3.05, 3.63) is 45.4 Å². The summed E-state index contributed by atoms with van der Waals surface area (Å²) in [6.45, 7) is 7.14. The largest absolute Gasteiger partial charge is 0.362 e. The minimum absolute atomic E-state index is 0.100. The zero-order valence-electron chi connectivity index (χ0n) is 13.5. The van der Waals surface area contributed by atoms with Crippen LogP contribution in [0, 0.1) is 13.8 Å². The normalized spacial score (nSPS) is 15.8. The van der Waals surface area contributed by atoms with E-state index in [2.05, 4.69) is 9.88 Å². The molecular weight excluding hydrogens is 310 g/mol. The predicted octanol–water partition coefficient (Wildman–Crippen LogP) is 2.33. The number of Topliss-reactive ketones (excluding diaryl/α,β-unsaturated/α-hetero) is 1. The third-order valence-electron chi connectivity index (χ3n) is 4.21. The number of aromatic nitrogens is 1. The van der Waals surface area contributed by atoms with E-state index < -0.39 is 0 Å². The monoisotopic (exact) mass is 331 g/mol. The summed E-state index contributed by atoms with van der Waals surface area (Å²) in [6, 6.07) is 5.67. The number of aryl methyl sites for hydroxylation is 2. The van der Waals surface area contributed by atoms with Crippen molar-refractivity contribution in [2.75, 3.05) is 32.7 Å². The number of rotatable bonds is 4. The molecule has 5 nitrogen and oxygen atoms in total. The Morgan fingerprint density at radius 3 is 2.52 bits per heavy atom. The van der Waals surface area contributed by atoms with Crippen molar-refractivity contribution in [1.29, 1.82) is 0 Å². The molecule has 1 saturated heterocycles. The summed E-state index contributed by atoms with van der Waals surface area (Å²) < 4.78 is 0. The molecule has 0 spiro atoms. The summed E-state index contributed by atoms with van der Waals surface area (Å²) in [7, 11) is 0. The molecule has 1 aliphatic heterocycles. The molecule has 0 atom stereocenters. The van der Waals surface area contributed by atoms with E-state index in [1.165, 1.54) is 11.3 Å². The maximum Gasteiger partial charge on any atom is 0.264 e. The molecule has 122 valence electrons. The van der Waals surface area contributed by atoms with E-state index in [0.717, 1.165) is 34.9 Å². The number of hydrogen-bond acceptors (Lipinski definition) is 4. The molecule has 0 unspecified atom stereocenters. The van der Waals surface area contributed by atoms with Gasteiger partial charge in [0.1, 0.15) is 0 Å². The number of thiophene rings is 1. The van der Waals surface area contributed by atoms with Crippen molar-refractivity contribution in [3.8, 4) is 0 Å². The number of ketones is 1. The molecule has 2 aromatic heterocycles. The van der Waals surface area contributed by atoms with Gasteiger partial charge in [0.05, 0.1) is 11.4 Å². The van der Waals surface area contributed by atoms with Crippen molar-refractivity contribution in [3.63, 3.8) is 0 Å². The fourth-order valence-electron chi connectivity index (χ4n) is 2.97. The third kappa shape index (κ3) is 3.54. The first-order valence-electron chi connectivity index (χ1n) is 7.79. The van der Waals surface area contributed by atoms with Gasteiger partial charge in [0.2, 0.25) is 0 Å². The van der Waals surface area contributed by atoms with E-state index in [0.29, 0.717) is 19.6 Å². The second-order valence-corrected chi connectivity index (χ2v) is 6.91. The van der Waals surface area contributed by atoms with Gasteiger partial charge in [-0.25, -0.2) is 0 Å². The van der Waals surface area contributed by atoms with E-state index in [-0.39, 0.29) is 11.7 Å². The van der Waals surface area contributed by atoms with Gasteiger partial charge in [-0.3, -0.25) is 14.5 Å². The Kier molecular flexibility index (Phi) is 4.63. The van der Waals surface area contributed by atoms with E-state index >= 15 is 0 Å². The highest BCUT2D eigenvalue weighted by Gasteiger charge is 2.24. The lowest BCUT2D eigenvalue weighted by molar-refractivity contribution is 0.0628. The van der Waals surface area contributed by atoms with Crippen LogP contribution in [0.1, 0.15) is 31.4 Å². The second-order valence-electron chi connectivity index (χ2n) is 5.96. The van der Waals surface area contributed by atoms with Gasteiger partial charge in [-0.05, 0) is 31.4 Å². The second kappa shape index (κ2) is 6.68. The summed E-state index contributed by atoms with van der Waals surface area (Å²) in [5.74, 6) is 0.243. The molecule has 0 bridgehead atoms. The topological polar surface area (TPSA) is 56.4 Å². The number of nitrogens with one attached hydrogen (secondary N) is 1. The van der Waals surface area contributed by atoms with Gasteiger partial charge < -0.3 is 9.88 Å². The molecule has 1 aliphatic rings. The quantitative estimate of drug-likeness (QED) is 0.875. The lowest BCUT2D eigenvalue weighted by Gasteiger charge is -2.34. The molecule has 0 saturated carbocycles. The van der Waals surface area contributed by atoms with Gasteiger partial charge >= 0.3 is 0 Å². The van der Waals surface area contributed by atoms with Crippen LogP contribution in [-0.4, -0.2) is 59.2 Å². The molecule has 3 heterocycles. The maximum atomic E-state index is 12.4. The van der Waals surface area contributed by atoms with Crippen molar-refractivity contribution in [1.82, 2.24) is 14.8 Å². The smallest absolute Gasteiger partial charge is 0.264 e. The molecule has 6 heteroatoms. The number of piperazine rings is 1. The Hall–Kier alpha value is -1.92.